The lowest BCUT2D eigenvalue weighted by atomic mass is 10.1. The van der Waals surface area contributed by atoms with Crippen LogP contribution < -0.4 is 0 Å². The minimum atomic E-state index is -0.767. The van der Waals surface area contributed by atoms with Crippen molar-refractivity contribution in [1.29, 1.82) is 0 Å². The van der Waals surface area contributed by atoms with Crippen LogP contribution in [-0.4, -0.2) is 21.8 Å². The fourth-order valence-corrected chi connectivity index (χ4v) is 2.48. The minimum Gasteiger partial charge on any atom is -0.481 e. The summed E-state index contributed by atoms with van der Waals surface area (Å²) in [6.07, 6.45) is 1.96. The van der Waals surface area contributed by atoms with Gasteiger partial charge in [0.1, 0.15) is 0 Å². The van der Waals surface area contributed by atoms with Gasteiger partial charge in [-0.05, 0) is 18.6 Å². The summed E-state index contributed by atoms with van der Waals surface area (Å²) < 4.78 is 0. The van der Waals surface area contributed by atoms with E-state index in [9.17, 15) is 4.79 Å². The second kappa shape index (κ2) is 4.61. The molecule has 0 unspecified atom stereocenters. The molecule has 0 amide bonds. The van der Waals surface area contributed by atoms with Crippen LogP contribution >= 0.6 is 11.8 Å². The van der Waals surface area contributed by atoms with Gasteiger partial charge >= 0.3 is 5.97 Å². The molecule has 0 spiro atoms. The molecule has 0 aliphatic heterocycles. The second-order valence-electron chi connectivity index (χ2n) is 3.64. The van der Waals surface area contributed by atoms with Gasteiger partial charge in [-0.15, -0.1) is 11.8 Å². The van der Waals surface area contributed by atoms with Crippen LogP contribution in [0.25, 0.3) is 10.9 Å². The Morgan fingerprint density at radius 1 is 1.50 bits per heavy atom. The van der Waals surface area contributed by atoms with Crippen molar-refractivity contribution in [2.45, 2.75) is 12.2 Å². The Labute approximate surface area is 97.9 Å². The van der Waals surface area contributed by atoms with Crippen molar-refractivity contribution >= 4 is 28.6 Å². The van der Waals surface area contributed by atoms with Crippen LogP contribution in [0.5, 0.6) is 0 Å². The second-order valence-corrected chi connectivity index (χ2v) is 4.97. The average molecular weight is 235 g/mol. The fraction of sp³-hybridized carbons (Fsp3) is 0.250. The quantitative estimate of drug-likeness (QED) is 0.856. The van der Waals surface area contributed by atoms with E-state index in [1.165, 1.54) is 22.7 Å². The molecule has 0 aliphatic rings. The van der Waals surface area contributed by atoms with Crippen LogP contribution in [0.1, 0.15) is 17.7 Å². The summed E-state index contributed by atoms with van der Waals surface area (Å²) in [7, 11) is 0. The van der Waals surface area contributed by atoms with Crippen molar-refractivity contribution in [3.05, 3.63) is 36.0 Å². The van der Waals surface area contributed by atoms with Gasteiger partial charge in [0.15, 0.2) is 0 Å². The van der Waals surface area contributed by atoms with Gasteiger partial charge in [-0.25, -0.2) is 0 Å². The summed E-state index contributed by atoms with van der Waals surface area (Å²) in [6, 6.07) is 8.05. The number of fused-ring (bicyclic) bond motifs is 1. The number of carboxylic acid groups (broad SMARTS) is 1. The molecular formula is C12H13NO2S. The molecule has 2 N–H and O–H groups in total. The summed E-state index contributed by atoms with van der Waals surface area (Å²) in [5, 5.41) is 10.0. The third kappa shape index (κ3) is 2.22. The zero-order valence-corrected chi connectivity index (χ0v) is 9.75. The lowest BCUT2D eigenvalue weighted by Crippen LogP contribution is -2.00. The monoisotopic (exact) mass is 235 g/mol. The first-order chi connectivity index (χ1) is 7.68. The maximum Gasteiger partial charge on any atom is 0.313 e. The SMILES string of the molecule is C[C@H](SCC(=O)O)c1c[nH]c2ccccc12. The molecular weight excluding hydrogens is 222 g/mol. The Kier molecular flexibility index (Phi) is 3.19. The Hall–Kier alpha value is -1.42. The number of hydrogen-bond donors (Lipinski definition) is 2. The first-order valence-corrected chi connectivity index (χ1v) is 6.13. The number of carboxylic acids is 1. The molecule has 2 aromatic rings. The van der Waals surface area contributed by atoms with E-state index in [2.05, 4.69) is 11.1 Å². The Morgan fingerprint density at radius 3 is 3.00 bits per heavy atom. The van der Waals surface area contributed by atoms with Gasteiger partial charge in [0, 0.05) is 22.3 Å². The number of aromatic amines is 1. The van der Waals surface area contributed by atoms with E-state index in [-0.39, 0.29) is 11.0 Å². The first kappa shape index (κ1) is 11.1. The Morgan fingerprint density at radius 2 is 2.25 bits per heavy atom. The highest BCUT2D eigenvalue weighted by atomic mass is 32.2. The van der Waals surface area contributed by atoms with Gasteiger partial charge in [0.2, 0.25) is 0 Å². The molecule has 1 aromatic heterocycles. The Balaban J connectivity index is 2.22. The normalized spacial score (nSPS) is 12.8. The zero-order valence-electron chi connectivity index (χ0n) is 8.93. The van der Waals surface area contributed by atoms with E-state index in [0.29, 0.717) is 0 Å². The van der Waals surface area contributed by atoms with Crippen molar-refractivity contribution < 1.29 is 9.90 Å². The highest BCUT2D eigenvalue weighted by Crippen LogP contribution is 2.32. The van der Waals surface area contributed by atoms with E-state index >= 15 is 0 Å². The van der Waals surface area contributed by atoms with Crippen molar-refractivity contribution in [2.24, 2.45) is 0 Å². The standard InChI is InChI=1S/C12H13NO2S/c1-8(16-7-12(14)15)10-6-13-11-5-3-2-4-9(10)11/h2-6,8,13H,7H2,1H3,(H,14,15)/t8-/m0/s1. The van der Waals surface area contributed by atoms with Gasteiger partial charge in [0.05, 0.1) is 5.75 Å². The molecule has 0 fully saturated rings. The van der Waals surface area contributed by atoms with Crippen LogP contribution in [0.3, 0.4) is 0 Å². The van der Waals surface area contributed by atoms with Crippen molar-refractivity contribution in [2.75, 3.05) is 5.75 Å². The van der Waals surface area contributed by atoms with Gasteiger partial charge in [0.25, 0.3) is 0 Å². The van der Waals surface area contributed by atoms with Crippen LogP contribution in [-0.2, 0) is 4.79 Å². The summed E-state index contributed by atoms with van der Waals surface area (Å²) in [6.45, 7) is 2.03. The molecule has 2 rings (SSSR count). The molecule has 3 nitrogen and oxygen atoms in total. The van der Waals surface area contributed by atoms with Gasteiger partial charge < -0.3 is 10.1 Å². The van der Waals surface area contributed by atoms with Crippen LogP contribution in [0.4, 0.5) is 0 Å². The number of benzene rings is 1. The van der Waals surface area contributed by atoms with Gasteiger partial charge in [-0.2, -0.15) is 0 Å². The Bertz CT molecular complexity index is 506. The number of hydrogen-bond acceptors (Lipinski definition) is 2. The van der Waals surface area contributed by atoms with E-state index in [4.69, 9.17) is 5.11 Å². The van der Waals surface area contributed by atoms with Gasteiger partial charge in [-0.1, -0.05) is 18.2 Å². The van der Waals surface area contributed by atoms with E-state index < -0.39 is 5.97 Å². The van der Waals surface area contributed by atoms with Crippen LogP contribution in [0.2, 0.25) is 0 Å². The van der Waals surface area contributed by atoms with Crippen LogP contribution in [0.15, 0.2) is 30.5 Å². The average Bonchev–Trinajstić information content (AvgIpc) is 2.69. The third-order valence-electron chi connectivity index (χ3n) is 2.52. The summed E-state index contributed by atoms with van der Waals surface area (Å²) in [4.78, 5) is 13.7. The van der Waals surface area contributed by atoms with E-state index in [1.807, 2.05) is 31.3 Å². The molecule has 1 atom stereocenters. The van der Waals surface area contributed by atoms with Crippen molar-refractivity contribution in [1.82, 2.24) is 4.98 Å². The molecule has 16 heavy (non-hydrogen) atoms. The number of nitrogens with one attached hydrogen (secondary N) is 1. The number of aliphatic carboxylic acids is 1. The minimum absolute atomic E-state index is 0.140. The molecule has 0 bridgehead atoms. The molecule has 0 saturated carbocycles. The molecule has 4 heteroatoms. The van der Waals surface area contributed by atoms with Crippen molar-refractivity contribution in [3.63, 3.8) is 0 Å². The summed E-state index contributed by atoms with van der Waals surface area (Å²) >= 11 is 1.44. The highest BCUT2D eigenvalue weighted by Gasteiger charge is 2.12. The largest absolute Gasteiger partial charge is 0.481 e. The fourth-order valence-electron chi connectivity index (χ4n) is 1.72. The number of thioether (sulfide) groups is 1. The smallest absolute Gasteiger partial charge is 0.313 e. The lowest BCUT2D eigenvalue weighted by Gasteiger charge is -2.08. The first-order valence-electron chi connectivity index (χ1n) is 5.08. The van der Waals surface area contributed by atoms with E-state index in [1.54, 1.807) is 0 Å². The maximum atomic E-state index is 10.5. The van der Waals surface area contributed by atoms with E-state index in [0.717, 1.165) is 5.52 Å². The highest BCUT2D eigenvalue weighted by molar-refractivity contribution is 8.00. The predicted octanol–water partition coefficient (Wildman–Crippen LogP) is 3.05. The number of para-hydroxylation sites is 1. The number of H-pyrrole nitrogens is 1. The molecule has 0 saturated heterocycles. The topological polar surface area (TPSA) is 53.1 Å². The number of rotatable bonds is 4. The summed E-state index contributed by atoms with van der Waals surface area (Å²) in [5.74, 6) is -0.627. The molecule has 0 radical (unpaired) electrons. The number of aromatic nitrogens is 1. The molecule has 1 heterocycles. The van der Waals surface area contributed by atoms with Crippen molar-refractivity contribution in [3.8, 4) is 0 Å². The summed E-state index contributed by atoms with van der Waals surface area (Å²) in [5.41, 5.74) is 2.27. The third-order valence-corrected chi connectivity index (χ3v) is 3.68. The predicted molar refractivity (Wildman–Crippen MR) is 66.8 cm³/mol. The van der Waals surface area contributed by atoms with Gasteiger partial charge in [-0.3, -0.25) is 4.79 Å². The number of carbonyl (C=O) groups is 1. The molecule has 84 valence electrons. The maximum absolute atomic E-state index is 10.5. The molecule has 0 aliphatic carbocycles. The molecule has 1 aromatic carbocycles. The zero-order chi connectivity index (χ0) is 11.5. The lowest BCUT2D eigenvalue weighted by molar-refractivity contribution is -0.133. The van der Waals surface area contributed by atoms with Crippen LogP contribution in [0, 0.1) is 0 Å².